The Hall–Kier alpha value is -1.40. The summed E-state index contributed by atoms with van der Waals surface area (Å²) in [4.78, 5) is 4.72. The number of thiophene rings is 1. The molecule has 0 radical (unpaired) electrons. The van der Waals surface area contributed by atoms with E-state index in [1.807, 2.05) is 18.4 Å². The number of halogens is 3. The molecule has 0 saturated heterocycles. The van der Waals surface area contributed by atoms with Crippen molar-refractivity contribution >= 4 is 11.3 Å². The van der Waals surface area contributed by atoms with Gasteiger partial charge in [-0.15, -0.1) is 11.3 Å². The molecule has 2 N–H and O–H groups in total. The first-order chi connectivity index (χ1) is 8.39. The van der Waals surface area contributed by atoms with Crippen LogP contribution in [0.4, 0.5) is 13.2 Å². The standard InChI is InChI=1S/C12H11F3N2S/c1-7-4-5-18-11(7)10(16)9-3-2-8(6-17-9)12(13,14)15/h2-6,10H,16H2,1H3. The van der Waals surface area contributed by atoms with E-state index < -0.39 is 17.8 Å². The van der Waals surface area contributed by atoms with Crippen LogP contribution in [0.15, 0.2) is 29.8 Å². The van der Waals surface area contributed by atoms with Gasteiger partial charge in [0.05, 0.1) is 17.3 Å². The average molecular weight is 272 g/mol. The second kappa shape index (κ2) is 4.70. The number of nitrogens with zero attached hydrogens (tertiary/aromatic N) is 1. The van der Waals surface area contributed by atoms with Crippen LogP contribution in [0.1, 0.15) is 27.7 Å². The monoisotopic (exact) mass is 272 g/mol. The summed E-state index contributed by atoms with van der Waals surface area (Å²) < 4.78 is 37.2. The van der Waals surface area contributed by atoms with Gasteiger partial charge in [0.1, 0.15) is 0 Å². The predicted octanol–water partition coefficient (Wildman–Crippen LogP) is 3.52. The molecule has 0 aliphatic rings. The van der Waals surface area contributed by atoms with Gasteiger partial charge in [0, 0.05) is 11.1 Å². The van der Waals surface area contributed by atoms with E-state index in [9.17, 15) is 13.2 Å². The lowest BCUT2D eigenvalue weighted by molar-refractivity contribution is -0.137. The highest BCUT2D eigenvalue weighted by Gasteiger charge is 2.31. The summed E-state index contributed by atoms with van der Waals surface area (Å²) in [6.45, 7) is 1.91. The summed E-state index contributed by atoms with van der Waals surface area (Å²) in [5.41, 5.74) is 6.69. The minimum atomic E-state index is -4.37. The molecule has 0 aromatic carbocycles. The summed E-state index contributed by atoms with van der Waals surface area (Å²) in [5, 5.41) is 1.90. The number of aryl methyl sites for hydroxylation is 1. The zero-order valence-corrected chi connectivity index (χ0v) is 10.3. The molecule has 0 saturated carbocycles. The molecule has 18 heavy (non-hydrogen) atoms. The Morgan fingerprint density at radius 3 is 2.44 bits per heavy atom. The summed E-state index contributed by atoms with van der Waals surface area (Å²) in [6, 6.07) is 3.77. The second-order valence-electron chi connectivity index (χ2n) is 3.92. The highest BCUT2D eigenvalue weighted by atomic mass is 32.1. The quantitative estimate of drug-likeness (QED) is 0.908. The van der Waals surface area contributed by atoms with Gasteiger partial charge in [0.25, 0.3) is 0 Å². The molecule has 2 heterocycles. The summed E-state index contributed by atoms with van der Waals surface area (Å²) in [6.07, 6.45) is -3.55. The van der Waals surface area contributed by atoms with Gasteiger partial charge in [0.2, 0.25) is 0 Å². The molecule has 0 aliphatic heterocycles. The molecule has 2 rings (SSSR count). The van der Waals surface area contributed by atoms with Crippen molar-refractivity contribution in [1.29, 1.82) is 0 Å². The maximum Gasteiger partial charge on any atom is 0.417 e. The third-order valence-electron chi connectivity index (χ3n) is 2.62. The molecule has 2 nitrogen and oxygen atoms in total. The van der Waals surface area contributed by atoms with Crippen molar-refractivity contribution < 1.29 is 13.2 Å². The number of alkyl halides is 3. The van der Waals surface area contributed by atoms with Crippen LogP contribution < -0.4 is 5.73 Å². The number of hydrogen-bond acceptors (Lipinski definition) is 3. The molecule has 0 amide bonds. The van der Waals surface area contributed by atoms with E-state index in [4.69, 9.17) is 5.73 Å². The molecule has 1 unspecified atom stereocenters. The Bertz CT molecular complexity index is 531. The van der Waals surface area contributed by atoms with Gasteiger partial charge in [-0.3, -0.25) is 4.98 Å². The highest BCUT2D eigenvalue weighted by Crippen LogP contribution is 2.30. The van der Waals surface area contributed by atoms with Gasteiger partial charge < -0.3 is 5.73 Å². The predicted molar refractivity (Wildman–Crippen MR) is 64.3 cm³/mol. The van der Waals surface area contributed by atoms with E-state index in [-0.39, 0.29) is 0 Å². The fourth-order valence-corrected chi connectivity index (χ4v) is 2.53. The Morgan fingerprint density at radius 2 is 2.00 bits per heavy atom. The van der Waals surface area contributed by atoms with E-state index >= 15 is 0 Å². The zero-order chi connectivity index (χ0) is 13.3. The first-order valence-corrected chi connectivity index (χ1v) is 6.10. The van der Waals surface area contributed by atoms with Gasteiger partial charge in [-0.2, -0.15) is 13.2 Å². The molecular weight excluding hydrogens is 261 g/mol. The molecule has 96 valence electrons. The van der Waals surface area contributed by atoms with Gasteiger partial charge in [0.15, 0.2) is 0 Å². The fraction of sp³-hybridized carbons (Fsp3) is 0.250. The van der Waals surface area contributed by atoms with Crippen LogP contribution in [-0.2, 0) is 6.18 Å². The number of pyridine rings is 1. The Kier molecular flexibility index (Phi) is 3.41. The van der Waals surface area contributed by atoms with Crippen LogP contribution in [0.25, 0.3) is 0 Å². The third kappa shape index (κ3) is 2.54. The molecule has 0 aliphatic carbocycles. The van der Waals surface area contributed by atoms with Gasteiger partial charge in [-0.05, 0) is 36.1 Å². The topological polar surface area (TPSA) is 38.9 Å². The number of nitrogens with two attached hydrogens (primary N) is 1. The number of aromatic nitrogens is 1. The second-order valence-corrected chi connectivity index (χ2v) is 4.86. The van der Waals surface area contributed by atoms with Crippen LogP contribution in [-0.4, -0.2) is 4.98 Å². The van der Waals surface area contributed by atoms with Crippen molar-refractivity contribution in [3.63, 3.8) is 0 Å². The van der Waals surface area contributed by atoms with E-state index in [1.54, 1.807) is 0 Å². The summed E-state index contributed by atoms with van der Waals surface area (Å²) >= 11 is 1.48. The average Bonchev–Trinajstić information content (AvgIpc) is 2.73. The van der Waals surface area contributed by atoms with Crippen molar-refractivity contribution in [3.8, 4) is 0 Å². The van der Waals surface area contributed by atoms with Crippen LogP contribution in [0.5, 0.6) is 0 Å². The minimum absolute atomic E-state index is 0.438. The van der Waals surface area contributed by atoms with Crippen molar-refractivity contribution in [2.24, 2.45) is 5.73 Å². The van der Waals surface area contributed by atoms with Crippen LogP contribution in [0, 0.1) is 6.92 Å². The van der Waals surface area contributed by atoms with Crippen molar-refractivity contribution in [3.05, 3.63) is 51.5 Å². The fourth-order valence-electron chi connectivity index (χ4n) is 1.59. The van der Waals surface area contributed by atoms with Crippen LogP contribution in [0.3, 0.4) is 0 Å². The Balaban J connectivity index is 2.28. The number of rotatable bonds is 2. The van der Waals surface area contributed by atoms with E-state index in [0.29, 0.717) is 5.69 Å². The maximum absolute atomic E-state index is 12.4. The molecule has 0 fully saturated rings. The highest BCUT2D eigenvalue weighted by molar-refractivity contribution is 7.10. The first kappa shape index (κ1) is 13.0. The largest absolute Gasteiger partial charge is 0.417 e. The Morgan fingerprint density at radius 1 is 1.28 bits per heavy atom. The normalized spacial score (nSPS) is 13.6. The zero-order valence-electron chi connectivity index (χ0n) is 9.53. The lowest BCUT2D eigenvalue weighted by Crippen LogP contribution is -2.14. The van der Waals surface area contributed by atoms with Gasteiger partial charge in [-0.1, -0.05) is 0 Å². The van der Waals surface area contributed by atoms with Gasteiger partial charge in [-0.25, -0.2) is 0 Å². The van der Waals surface area contributed by atoms with Crippen molar-refractivity contribution in [2.75, 3.05) is 0 Å². The number of hydrogen-bond donors (Lipinski definition) is 1. The summed E-state index contributed by atoms with van der Waals surface area (Å²) in [7, 11) is 0. The molecule has 0 bridgehead atoms. The lowest BCUT2D eigenvalue weighted by Gasteiger charge is -2.12. The molecule has 1 atom stereocenters. The third-order valence-corrected chi connectivity index (χ3v) is 3.72. The molecular formula is C12H11F3N2S. The maximum atomic E-state index is 12.4. The minimum Gasteiger partial charge on any atom is -0.318 e. The molecule has 0 spiro atoms. The molecule has 2 aromatic rings. The van der Waals surface area contributed by atoms with Crippen LogP contribution in [0.2, 0.25) is 0 Å². The van der Waals surface area contributed by atoms with E-state index in [1.165, 1.54) is 17.4 Å². The first-order valence-electron chi connectivity index (χ1n) is 5.22. The Labute approximate surface area is 106 Å². The molecule has 2 aromatic heterocycles. The van der Waals surface area contributed by atoms with E-state index in [2.05, 4.69) is 4.98 Å². The molecule has 6 heteroatoms. The summed E-state index contributed by atoms with van der Waals surface area (Å²) in [5.74, 6) is 0. The van der Waals surface area contributed by atoms with Crippen LogP contribution >= 0.6 is 11.3 Å². The van der Waals surface area contributed by atoms with Gasteiger partial charge >= 0.3 is 6.18 Å². The smallest absolute Gasteiger partial charge is 0.318 e. The SMILES string of the molecule is Cc1ccsc1C(N)c1ccc(C(F)(F)F)cn1. The van der Waals surface area contributed by atoms with Crippen molar-refractivity contribution in [2.45, 2.75) is 19.1 Å². The lowest BCUT2D eigenvalue weighted by atomic mass is 10.1. The van der Waals surface area contributed by atoms with Crippen molar-refractivity contribution in [1.82, 2.24) is 4.98 Å². The van der Waals surface area contributed by atoms with E-state index in [0.717, 1.165) is 22.7 Å².